The zero-order valence-electron chi connectivity index (χ0n) is 29.4. The number of hydrogen-bond acceptors (Lipinski definition) is 9. The van der Waals surface area contributed by atoms with Crippen molar-refractivity contribution in [3.8, 4) is 22.7 Å². The number of nitrogens with two attached hydrogens (primary N) is 3. The van der Waals surface area contributed by atoms with Crippen molar-refractivity contribution >= 4 is 40.5 Å². The van der Waals surface area contributed by atoms with Crippen molar-refractivity contribution in [1.29, 1.82) is 0 Å². The number of aliphatic imine (C=N–C) groups is 1. The SMILES string of the molecule is CC(=O)Oc1ccccc1C(=O)OC[C@H](N)CCCc1cc(Cl)c(F)c(-c2cc3cn(-c4ccc([C@H](C)NCCCN=C(N)N)cc4)c(=O)nc3[nH]2)c1. The third-order valence-corrected chi connectivity index (χ3v) is 8.74. The van der Waals surface area contributed by atoms with Crippen LogP contribution < -0.4 is 32.9 Å². The van der Waals surface area contributed by atoms with Gasteiger partial charge in [0.1, 0.15) is 23.6 Å². The van der Waals surface area contributed by atoms with Crippen molar-refractivity contribution in [3.63, 3.8) is 0 Å². The number of aromatic amines is 1. The van der Waals surface area contributed by atoms with E-state index in [1.54, 1.807) is 36.5 Å². The zero-order chi connectivity index (χ0) is 38.1. The molecule has 3 aromatic carbocycles. The number of H-pyrrole nitrogens is 1. The molecule has 0 spiro atoms. The van der Waals surface area contributed by atoms with Crippen molar-refractivity contribution in [2.45, 2.75) is 51.6 Å². The van der Waals surface area contributed by atoms with Gasteiger partial charge in [0.15, 0.2) is 11.8 Å². The fourth-order valence-electron chi connectivity index (χ4n) is 5.75. The lowest BCUT2D eigenvalue weighted by Crippen LogP contribution is -2.28. The molecule has 15 heteroatoms. The molecule has 2 atom stereocenters. The number of aryl methyl sites for hydroxylation is 1. The Bertz CT molecular complexity index is 2160. The third kappa shape index (κ3) is 10.3. The maximum Gasteiger partial charge on any atom is 0.354 e. The number of esters is 2. The minimum Gasteiger partial charge on any atom is -0.460 e. The van der Waals surface area contributed by atoms with Crippen LogP contribution >= 0.6 is 11.6 Å². The molecule has 278 valence electrons. The molecule has 0 aliphatic heterocycles. The summed E-state index contributed by atoms with van der Waals surface area (Å²) in [5.41, 5.74) is 20.0. The molecule has 0 fully saturated rings. The van der Waals surface area contributed by atoms with E-state index in [2.05, 4.69) is 20.3 Å². The van der Waals surface area contributed by atoms with Gasteiger partial charge < -0.3 is 37.0 Å². The summed E-state index contributed by atoms with van der Waals surface area (Å²) in [4.78, 5) is 48.3. The summed E-state index contributed by atoms with van der Waals surface area (Å²) in [5, 5.41) is 3.98. The zero-order valence-corrected chi connectivity index (χ0v) is 30.2. The van der Waals surface area contributed by atoms with E-state index in [-0.39, 0.29) is 40.5 Å². The van der Waals surface area contributed by atoms with Gasteiger partial charge in [0.2, 0.25) is 0 Å². The van der Waals surface area contributed by atoms with Gasteiger partial charge in [-0.05, 0) is 92.7 Å². The summed E-state index contributed by atoms with van der Waals surface area (Å²) in [6, 6.07) is 18.5. The number of hydrogen-bond donors (Lipinski definition) is 5. The number of nitrogens with one attached hydrogen (secondary N) is 2. The number of carbonyl (C=O) groups is 2. The van der Waals surface area contributed by atoms with Crippen LogP contribution in [0.4, 0.5) is 4.39 Å². The molecule has 53 heavy (non-hydrogen) atoms. The maximum absolute atomic E-state index is 15.4. The first-order valence-corrected chi connectivity index (χ1v) is 17.5. The monoisotopic (exact) mass is 744 g/mol. The first-order chi connectivity index (χ1) is 25.4. The summed E-state index contributed by atoms with van der Waals surface area (Å²) in [5.74, 6) is -1.63. The van der Waals surface area contributed by atoms with E-state index in [1.807, 2.05) is 31.2 Å². The van der Waals surface area contributed by atoms with Gasteiger partial charge in [-0.15, -0.1) is 0 Å². The van der Waals surface area contributed by atoms with E-state index in [0.29, 0.717) is 48.2 Å². The van der Waals surface area contributed by atoms with Crippen LogP contribution in [-0.2, 0) is 16.0 Å². The van der Waals surface area contributed by atoms with Gasteiger partial charge in [-0.25, -0.2) is 14.0 Å². The van der Waals surface area contributed by atoms with Crippen LogP contribution in [0.3, 0.4) is 0 Å². The van der Waals surface area contributed by atoms with Crippen molar-refractivity contribution in [1.82, 2.24) is 19.9 Å². The number of benzene rings is 3. The molecule has 2 aromatic heterocycles. The predicted octanol–water partition coefficient (Wildman–Crippen LogP) is 4.92. The minimum absolute atomic E-state index is 0.0459. The quantitative estimate of drug-likeness (QED) is 0.0303. The molecule has 0 saturated carbocycles. The van der Waals surface area contributed by atoms with Crippen LogP contribution in [0.15, 0.2) is 82.7 Å². The summed E-state index contributed by atoms with van der Waals surface area (Å²) in [6.07, 6.45) is 4.08. The molecule has 0 radical (unpaired) electrons. The summed E-state index contributed by atoms with van der Waals surface area (Å²) in [7, 11) is 0. The van der Waals surface area contributed by atoms with E-state index >= 15 is 4.39 Å². The number of guanidine groups is 1. The van der Waals surface area contributed by atoms with Crippen LogP contribution in [0.5, 0.6) is 5.75 Å². The van der Waals surface area contributed by atoms with Crippen LogP contribution in [0.2, 0.25) is 5.02 Å². The number of ether oxygens (including phenoxy) is 2. The van der Waals surface area contributed by atoms with Gasteiger partial charge in [-0.3, -0.25) is 14.4 Å². The van der Waals surface area contributed by atoms with Gasteiger partial charge in [0.25, 0.3) is 0 Å². The van der Waals surface area contributed by atoms with Gasteiger partial charge in [0.05, 0.1) is 16.4 Å². The number of aromatic nitrogens is 3. The fraction of sp³-hybridized carbons (Fsp3) is 0.289. The second kappa shape index (κ2) is 17.8. The van der Waals surface area contributed by atoms with E-state index in [1.165, 1.54) is 23.6 Å². The highest BCUT2D eigenvalue weighted by atomic mass is 35.5. The predicted molar refractivity (Wildman–Crippen MR) is 203 cm³/mol. The highest BCUT2D eigenvalue weighted by Gasteiger charge is 2.18. The summed E-state index contributed by atoms with van der Waals surface area (Å²) in [6.45, 7) is 4.52. The number of carbonyl (C=O) groups excluding carboxylic acids is 2. The molecule has 0 saturated heterocycles. The average Bonchev–Trinajstić information content (AvgIpc) is 3.54. The molecule has 0 aliphatic carbocycles. The van der Waals surface area contributed by atoms with Crippen molar-refractivity contribution < 1.29 is 23.5 Å². The van der Waals surface area contributed by atoms with E-state index in [0.717, 1.165) is 24.1 Å². The summed E-state index contributed by atoms with van der Waals surface area (Å²) >= 11 is 6.32. The summed E-state index contributed by atoms with van der Waals surface area (Å²) < 4.78 is 27.3. The Morgan fingerprint density at radius 2 is 1.85 bits per heavy atom. The molecule has 0 unspecified atom stereocenters. The minimum atomic E-state index is -0.653. The number of rotatable bonds is 16. The Morgan fingerprint density at radius 3 is 2.58 bits per heavy atom. The van der Waals surface area contributed by atoms with Gasteiger partial charge >= 0.3 is 17.6 Å². The highest BCUT2D eigenvalue weighted by molar-refractivity contribution is 6.31. The van der Waals surface area contributed by atoms with Crippen molar-refractivity contribution in [2.75, 3.05) is 19.7 Å². The first-order valence-electron chi connectivity index (χ1n) is 17.1. The van der Waals surface area contributed by atoms with Crippen molar-refractivity contribution in [3.05, 3.63) is 111 Å². The molecule has 13 nitrogen and oxygen atoms in total. The number of fused-ring (bicyclic) bond motifs is 1. The normalized spacial score (nSPS) is 12.3. The average molecular weight is 745 g/mol. The largest absolute Gasteiger partial charge is 0.460 e. The highest BCUT2D eigenvalue weighted by Crippen LogP contribution is 2.31. The van der Waals surface area contributed by atoms with Crippen LogP contribution in [-0.4, -0.2) is 58.2 Å². The standard InChI is InChI=1S/C38H42ClFN8O5/c1-22(44-15-6-16-45-37(42)43)25-11-13-28(14-12-25)48-20-26-19-32(46-35(26)47-38(48)51)30-17-24(18-31(39)34(30)40)7-5-8-27(41)21-52-36(50)29-9-3-4-10-33(29)53-23(2)49/h3-4,9-14,17-20,22,27,44H,5-8,15-16,21,41H2,1-2H3,(H4,42,43,45)(H,46,47,51)/t22-,27+/m0/s1. The number of halogens is 2. The second-order valence-corrected chi connectivity index (χ2v) is 13.0. The lowest BCUT2D eigenvalue weighted by Gasteiger charge is -2.15. The van der Waals surface area contributed by atoms with Crippen LogP contribution in [0.1, 0.15) is 60.6 Å². The van der Waals surface area contributed by atoms with Gasteiger partial charge in [-0.2, -0.15) is 4.98 Å². The molecule has 2 heterocycles. The molecular weight excluding hydrogens is 703 g/mol. The van der Waals surface area contributed by atoms with Crippen LogP contribution in [0.25, 0.3) is 28.0 Å². The van der Waals surface area contributed by atoms with Crippen LogP contribution in [0, 0.1) is 5.82 Å². The Balaban J connectivity index is 1.21. The van der Waals surface area contributed by atoms with Gasteiger partial charge in [-0.1, -0.05) is 35.9 Å². The molecule has 0 bridgehead atoms. The lowest BCUT2D eigenvalue weighted by molar-refractivity contribution is -0.131. The van der Waals surface area contributed by atoms with E-state index in [4.69, 9.17) is 38.3 Å². The Labute approximate surface area is 310 Å². The Kier molecular flexibility index (Phi) is 13.0. The molecule has 8 N–H and O–H groups in total. The number of nitrogens with zero attached hydrogens (tertiary/aromatic N) is 3. The van der Waals surface area contributed by atoms with E-state index < -0.39 is 29.5 Å². The molecule has 0 amide bonds. The van der Waals surface area contributed by atoms with E-state index in [9.17, 15) is 14.4 Å². The lowest BCUT2D eigenvalue weighted by atomic mass is 10.0. The number of para-hydroxylation sites is 1. The fourth-order valence-corrected chi connectivity index (χ4v) is 5.99. The maximum atomic E-state index is 15.4. The molecule has 0 aliphatic rings. The van der Waals surface area contributed by atoms with Crippen molar-refractivity contribution in [2.24, 2.45) is 22.2 Å². The third-order valence-electron chi connectivity index (χ3n) is 8.47. The topological polar surface area (TPSA) is 206 Å². The Morgan fingerprint density at radius 1 is 1.09 bits per heavy atom. The first kappa shape index (κ1) is 38.7. The molecule has 5 aromatic rings. The smallest absolute Gasteiger partial charge is 0.354 e. The van der Waals surface area contributed by atoms with Gasteiger partial charge in [0, 0.05) is 42.7 Å². The molecule has 5 rings (SSSR count). The Hall–Kier alpha value is -5.57. The second-order valence-electron chi connectivity index (χ2n) is 12.6. The molecular formula is C38H42ClFN8O5.